The number of carbonyl (C=O) groups excluding carboxylic acids is 1. The van der Waals surface area contributed by atoms with Crippen molar-refractivity contribution in [2.45, 2.75) is 51.1 Å². The van der Waals surface area contributed by atoms with E-state index in [0.717, 1.165) is 39.0 Å². The van der Waals surface area contributed by atoms with Crippen LogP contribution < -0.4 is 5.73 Å². The summed E-state index contributed by atoms with van der Waals surface area (Å²) >= 11 is 0. The first-order chi connectivity index (χ1) is 9.20. The van der Waals surface area contributed by atoms with Gasteiger partial charge in [0.05, 0.1) is 6.04 Å². The van der Waals surface area contributed by atoms with E-state index in [9.17, 15) is 4.79 Å². The second kappa shape index (κ2) is 6.63. The molecule has 4 nitrogen and oxygen atoms in total. The Morgan fingerprint density at radius 3 is 2.70 bits per heavy atom. The van der Waals surface area contributed by atoms with E-state index < -0.39 is 0 Å². The average Bonchev–Trinajstić information content (AvgIpc) is 3.00. The molecule has 116 valence electrons. The Labute approximate surface area is 128 Å². The van der Waals surface area contributed by atoms with Gasteiger partial charge in [-0.05, 0) is 50.6 Å². The van der Waals surface area contributed by atoms with Gasteiger partial charge in [-0.25, -0.2) is 0 Å². The summed E-state index contributed by atoms with van der Waals surface area (Å²) in [5.41, 5.74) is 6.17. The van der Waals surface area contributed by atoms with E-state index in [0.29, 0.717) is 23.8 Å². The van der Waals surface area contributed by atoms with Crippen molar-refractivity contribution in [3.8, 4) is 0 Å². The lowest BCUT2D eigenvalue weighted by molar-refractivity contribution is -0.137. The number of carbonyl (C=O) groups is 1. The smallest absolute Gasteiger partial charge is 0.239 e. The zero-order valence-corrected chi connectivity index (χ0v) is 13.3. The van der Waals surface area contributed by atoms with Gasteiger partial charge in [0.25, 0.3) is 0 Å². The molecule has 0 spiro atoms. The molecule has 3 aliphatic rings. The minimum atomic E-state index is 0. The molecule has 1 aliphatic carbocycles. The highest BCUT2D eigenvalue weighted by molar-refractivity contribution is 5.85. The van der Waals surface area contributed by atoms with Crippen LogP contribution in [0.15, 0.2) is 0 Å². The van der Waals surface area contributed by atoms with Gasteiger partial charge in [-0.1, -0.05) is 13.3 Å². The summed E-state index contributed by atoms with van der Waals surface area (Å²) in [7, 11) is 0. The number of amides is 1. The number of piperidine rings is 1. The second-order valence-electron chi connectivity index (χ2n) is 6.55. The zero-order valence-electron chi connectivity index (χ0n) is 12.5. The van der Waals surface area contributed by atoms with Gasteiger partial charge in [-0.15, -0.1) is 12.4 Å². The SMILES string of the molecule is CCN1CCCCC1C(=O)N1CC2CCC(N)C2C1.Cl. The van der Waals surface area contributed by atoms with Gasteiger partial charge in [0.1, 0.15) is 0 Å². The van der Waals surface area contributed by atoms with Gasteiger partial charge in [-0.2, -0.15) is 0 Å². The van der Waals surface area contributed by atoms with Gasteiger partial charge in [-0.3, -0.25) is 9.69 Å². The third kappa shape index (κ3) is 2.83. The van der Waals surface area contributed by atoms with Crippen molar-refractivity contribution < 1.29 is 4.79 Å². The second-order valence-corrected chi connectivity index (χ2v) is 6.55. The molecule has 0 radical (unpaired) electrons. The highest BCUT2D eigenvalue weighted by atomic mass is 35.5. The number of halogens is 1. The van der Waals surface area contributed by atoms with E-state index in [-0.39, 0.29) is 18.4 Å². The summed E-state index contributed by atoms with van der Waals surface area (Å²) in [5, 5.41) is 0. The van der Waals surface area contributed by atoms with Crippen molar-refractivity contribution in [3.05, 3.63) is 0 Å². The van der Waals surface area contributed by atoms with E-state index in [1.807, 2.05) is 0 Å². The highest BCUT2D eigenvalue weighted by Crippen LogP contribution is 2.37. The summed E-state index contributed by atoms with van der Waals surface area (Å²) in [6, 6.07) is 0.477. The number of rotatable bonds is 2. The number of hydrogen-bond donors (Lipinski definition) is 1. The summed E-state index contributed by atoms with van der Waals surface area (Å²) in [6.07, 6.45) is 5.87. The molecule has 4 atom stereocenters. The third-order valence-electron chi connectivity index (χ3n) is 5.53. The van der Waals surface area contributed by atoms with Crippen molar-refractivity contribution >= 4 is 18.3 Å². The first-order valence-electron chi connectivity index (χ1n) is 7.99. The number of likely N-dealkylation sites (N-methyl/N-ethyl adjacent to an activating group) is 1. The lowest BCUT2D eigenvalue weighted by Gasteiger charge is -2.36. The quantitative estimate of drug-likeness (QED) is 0.840. The van der Waals surface area contributed by atoms with E-state index in [1.54, 1.807) is 0 Å². The first kappa shape index (κ1) is 16.1. The van der Waals surface area contributed by atoms with Gasteiger partial charge >= 0.3 is 0 Å². The minimum absolute atomic E-state index is 0. The van der Waals surface area contributed by atoms with Crippen molar-refractivity contribution in [1.82, 2.24) is 9.80 Å². The number of hydrogen-bond acceptors (Lipinski definition) is 3. The topological polar surface area (TPSA) is 49.6 Å². The van der Waals surface area contributed by atoms with Crippen molar-refractivity contribution in [1.29, 1.82) is 0 Å². The number of likely N-dealkylation sites (tertiary alicyclic amines) is 2. The Morgan fingerprint density at radius 2 is 2.00 bits per heavy atom. The van der Waals surface area contributed by atoms with E-state index >= 15 is 0 Å². The minimum Gasteiger partial charge on any atom is -0.341 e. The number of nitrogens with zero attached hydrogens (tertiary/aromatic N) is 2. The van der Waals surface area contributed by atoms with Crippen LogP contribution in [0.2, 0.25) is 0 Å². The van der Waals surface area contributed by atoms with Gasteiger partial charge in [0, 0.05) is 19.1 Å². The molecule has 4 unspecified atom stereocenters. The van der Waals surface area contributed by atoms with Gasteiger partial charge in [0.2, 0.25) is 5.91 Å². The Bertz CT molecular complexity index is 352. The molecule has 2 aliphatic heterocycles. The maximum Gasteiger partial charge on any atom is 0.239 e. The lowest BCUT2D eigenvalue weighted by Crippen LogP contribution is -2.50. The molecule has 0 aromatic heterocycles. The highest BCUT2D eigenvalue weighted by Gasteiger charge is 2.44. The fraction of sp³-hybridized carbons (Fsp3) is 0.933. The summed E-state index contributed by atoms with van der Waals surface area (Å²) in [6.45, 7) is 6.13. The van der Waals surface area contributed by atoms with Crippen LogP contribution in [-0.2, 0) is 4.79 Å². The summed E-state index contributed by atoms with van der Waals surface area (Å²) in [4.78, 5) is 17.2. The molecule has 0 bridgehead atoms. The lowest BCUT2D eigenvalue weighted by atomic mass is 9.98. The fourth-order valence-electron chi connectivity index (χ4n) is 4.35. The Morgan fingerprint density at radius 1 is 1.20 bits per heavy atom. The molecule has 2 heterocycles. The van der Waals surface area contributed by atoms with Crippen LogP contribution >= 0.6 is 12.4 Å². The summed E-state index contributed by atoms with van der Waals surface area (Å²) in [5.74, 6) is 1.63. The zero-order chi connectivity index (χ0) is 13.4. The molecular weight excluding hydrogens is 274 g/mol. The van der Waals surface area contributed by atoms with E-state index in [1.165, 1.54) is 19.3 Å². The van der Waals surface area contributed by atoms with Crippen LogP contribution in [-0.4, -0.2) is 54.0 Å². The summed E-state index contributed by atoms with van der Waals surface area (Å²) < 4.78 is 0. The molecule has 5 heteroatoms. The molecular formula is C15H28ClN3O. The molecule has 0 aromatic carbocycles. The van der Waals surface area contributed by atoms with Crippen LogP contribution in [0, 0.1) is 11.8 Å². The Hall–Kier alpha value is -0.320. The standard InChI is InChI=1S/C15H27N3O.ClH/c1-2-17-8-4-3-5-14(17)15(19)18-9-11-6-7-13(16)12(11)10-18;/h11-14H,2-10,16H2,1H3;1H. The third-order valence-corrected chi connectivity index (χ3v) is 5.53. The first-order valence-corrected chi connectivity index (χ1v) is 7.99. The molecule has 20 heavy (non-hydrogen) atoms. The molecule has 3 rings (SSSR count). The average molecular weight is 302 g/mol. The largest absolute Gasteiger partial charge is 0.341 e. The molecule has 2 N–H and O–H groups in total. The molecule has 1 amide bonds. The fourth-order valence-corrected chi connectivity index (χ4v) is 4.35. The number of fused-ring (bicyclic) bond motifs is 1. The normalized spacial score (nSPS) is 37.6. The monoisotopic (exact) mass is 301 g/mol. The maximum absolute atomic E-state index is 12.8. The van der Waals surface area contributed by atoms with Crippen LogP contribution in [0.5, 0.6) is 0 Å². The van der Waals surface area contributed by atoms with Crippen molar-refractivity contribution in [2.24, 2.45) is 17.6 Å². The van der Waals surface area contributed by atoms with Crippen molar-refractivity contribution in [2.75, 3.05) is 26.2 Å². The van der Waals surface area contributed by atoms with Crippen molar-refractivity contribution in [3.63, 3.8) is 0 Å². The number of nitrogens with two attached hydrogens (primary N) is 1. The maximum atomic E-state index is 12.8. The van der Waals surface area contributed by atoms with E-state index in [4.69, 9.17) is 5.73 Å². The Kier molecular flexibility index (Phi) is 5.32. The van der Waals surface area contributed by atoms with Crippen LogP contribution in [0.1, 0.15) is 39.0 Å². The Balaban J connectivity index is 0.00000147. The van der Waals surface area contributed by atoms with Gasteiger partial charge in [0.15, 0.2) is 0 Å². The van der Waals surface area contributed by atoms with Crippen LogP contribution in [0.3, 0.4) is 0 Å². The predicted molar refractivity (Wildman–Crippen MR) is 82.9 cm³/mol. The molecule has 2 saturated heterocycles. The predicted octanol–water partition coefficient (Wildman–Crippen LogP) is 1.48. The molecule has 3 fully saturated rings. The van der Waals surface area contributed by atoms with Crippen LogP contribution in [0.4, 0.5) is 0 Å². The van der Waals surface area contributed by atoms with Gasteiger partial charge < -0.3 is 10.6 Å². The van der Waals surface area contributed by atoms with E-state index in [2.05, 4.69) is 16.7 Å². The molecule has 1 saturated carbocycles. The molecule has 0 aromatic rings. The van der Waals surface area contributed by atoms with Crippen LogP contribution in [0.25, 0.3) is 0 Å².